The number of hydrogen-bond acceptors (Lipinski definition) is 6. The van der Waals surface area contributed by atoms with Crippen LogP contribution in [-0.2, 0) is 4.79 Å². The Morgan fingerprint density at radius 2 is 2.17 bits per heavy atom. The highest BCUT2D eigenvalue weighted by atomic mass is 16.3. The molecule has 1 aromatic heterocycles. The van der Waals surface area contributed by atoms with Gasteiger partial charge in [0.15, 0.2) is 11.5 Å². The Hall–Kier alpha value is -2.22. The van der Waals surface area contributed by atoms with Crippen LogP contribution in [0.2, 0.25) is 0 Å². The fourth-order valence-corrected chi connectivity index (χ4v) is 1.18. The van der Waals surface area contributed by atoms with E-state index in [1.807, 2.05) is 4.98 Å². The number of carbonyl (C=O) groups is 1. The first-order chi connectivity index (χ1) is 8.54. The summed E-state index contributed by atoms with van der Waals surface area (Å²) in [5, 5.41) is 11.4. The number of nitrogens with zero attached hydrogens (tertiary/aromatic N) is 1. The van der Waals surface area contributed by atoms with Gasteiger partial charge < -0.3 is 10.4 Å². The van der Waals surface area contributed by atoms with E-state index in [9.17, 15) is 14.4 Å². The predicted molar refractivity (Wildman–Crippen MR) is 66.7 cm³/mol. The lowest BCUT2D eigenvalue weighted by molar-refractivity contribution is -0.110. The molecule has 1 heterocycles. The summed E-state index contributed by atoms with van der Waals surface area (Å²) in [6.07, 6.45) is 1.44. The SMILES string of the molecule is CC(=O)C=Nc1c(NCCCO)[nH]c(=O)[nH]c1=O. The van der Waals surface area contributed by atoms with Crippen LogP contribution in [0.25, 0.3) is 0 Å². The molecule has 0 saturated carbocycles. The van der Waals surface area contributed by atoms with Gasteiger partial charge in [-0.2, -0.15) is 0 Å². The number of hydrogen-bond donors (Lipinski definition) is 4. The number of anilines is 1. The molecule has 0 aliphatic heterocycles. The van der Waals surface area contributed by atoms with Crippen LogP contribution in [0, 0.1) is 0 Å². The Morgan fingerprint density at radius 1 is 1.44 bits per heavy atom. The normalized spacial score (nSPS) is 10.8. The van der Waals surface area contributed by atoms with E-state index in [0.29, 0.717) is 13.0 Å². The molecular weight excluding hydrogens is 240 g/mol. The second-order valence-electron chi connectivity index (χ2n) is 3.50. The molecule has 0 fully saturated rings. The zero-order chi connectivity index (χ0) is 13.5. The zero-order valence-electron chi connectivity index (χ0n) is 9.82. The quantitative estimate of drug-likeness (QED) is 0.388. The van der Waals surface area contributed by atoms with E-state index in [0.717, 1.165) is 6.21 Å². The van der Waals surface area contributed by atoms with Gasteiger partial charge in [0.05, 0.1) is 6.21 Å². The molecule has 18 heavy (non-hydrogen) atoms. The van der Waals surface area contributed by atoms with Crippen LogP contribution in [0.1, 0.15) is 13.3 Å². The number of aliphatic hydroxyl groups excluding tert-OH is 1. The van der Waals surface area contributed by atoms with Crippen molar-refractivity contribution >= 4 is 23.5 Å². The standard InChI is InChI=1S/C10H14N4O4/c1-6(16)5-12-7-8(11-3-2-4-15)13-10(18)14-9(7)17/h5,15H,2-4H2,1H3,(H3,11,13,14,17,18). The van der Waals surface area contributed by atoms with Crippen molar-refractivity contribution in [2.45, 2.75) is 13.3 Å². The van der Waals surface area contributed by atoms with E-state index >= 15 is 0 Å². The van der Waals surface area contributed by atoms with Crippen molar-refractivity contribution in [3.8, 4) is 0 Å². The topological polar surface area (TPSA) is 127 Å². The molecule has 0 atom stereocenters. The maximum Gasteiger partial charge on any atom is 0.327 e. The van der Waals surface area contributed by atoms with Crippen LogP contribution in [0.5, 0.6) is 0 Å². The summed E-state index contributed by atoms with van der Waals surface area (Å²) in [6, 6.07) is 0. The minimum absolute atomic E-state index is 0.0214. The summed E-state index contributed by atoms with van der Waals surface area (Å²) in [7, 11) is 0. The number of carbonyl (C=O) groups excluding carboxylic acids is 1. The molecule has 0 saturated heterocycles. The van der Waals surface area contributed by atoms with E-state index in [4.69, 9.17) is 5.11 Å². The second kappa shape index (κ2) is 6.50. The van der Waals surface area contributed by atoms with Gasteiger partial charge in [-0.05, 0) is 6.42 Å². The van der Waals surface area contributed by atoms with Crippen molar-refractivity contribution in [2.24, 2.45) is 4.99 Å². The van der Waals surface area contributed by atoms with Gasteiger partial charge in [0, 0.05) is 20.1 Å². The molecule has 98 valence electrons. The third kappa shape index (κ3) is 3.98. The summed E-state index contributed by atoms with van der Waals surface area (Å²) in [4.78, 5) is 41.5. The van der Waals surface area contributed by atoms with Crippen LogP contribution in [0.15, 0.2) is 14.6 Å². The average molecular weight is 254 g/mol. The van der Waals surface area contributed by atoms with E-state index < -0.39 is 11.2 Å². The highest BCUT2D eigenvalue weighted by molar-refractivity contribution is 6.26. The molecule has 1 aromatic rings. The van der Waals surface area contributed by atoms with Crippen molar-refractivity contribution in [2.75, 3.05) is 18.5 Å². The van der Waals surface area contributed by atoms with Crippen molar-refractivity contribution in [1.82, 2.24) is 9.97 Å². The number of Topliss-reactive ketones (excluding diaryl/α,β-unsaturated/α-hetero) is 1. The van der Waals surface area contributed by atoms with Gasteiger partial charge in [0.25, 0.3) is 5.56 Å². The highest BCUT2D eigenvalue weighted by Crippen LogP contribution is 2.14. The van der Waals surface area contributed by atoms with Gasteiger partial charge >= 0.3 is 5.69 Å². The smallest absolute Gasteiger partial charge is 0.327 e. The molecule has 0 aromatic carbocycles. The molecular formula is C10H14N4O4. The van der Waals surface area contributed by atoms with Crippen molar-refractivity contribution in [3.63, 3.8) is 0 Å². The molecule has 0 aliphatic rings. The molecule has 0 spiro atoms. The molecule has 8 nitrogen and oxygen atoms in total. The lowest BCUT2D eigenvalue weighted by Gasteiger charge is -2.06. The Balaban J connectivity index is 3.09. The molecule has 0 bridgehead atoms. The lowest BCUT2D eigenvalue weighted by Crippen LogP contribution is -2.24. The van der Waals surface area contributed by atoms with E-state index in [2.05, 4.69) is 15.3 Å². The fraction of sp³-hybridized carbons (Fsp3) is 0.400. The lowest BCUT2D eigenvalue weighted by atomic mass is 10.4. The Bertz CT molecular complexity index is 558. The average Bonchev–Trinajstić information content (AvgIpc) is 2.27. The fourth-order valence-electron chi connectivity index (χ4n) is 1.18. The minimum Gasteiger partial charge on any atom is -0.396 e. The first-order valence-corrected chi connectivity index (χ1v) is 5.30. The molecule has 0 aliphatic carbocycles. The second-order valence-corrected chi connectivity index (χ2v) is 3.50. The summed E-state index contributed by atoms with van der Waals surface area (Å²) >= 11 is 0. The molecule has 0 amide bonds. The summed E-state index contributed by atoms with van der Waals surface area (Å²) in [6.45, 7) is 1.63. The molecule has 8 heteroatoms. The van der Waals surface area contributed by atoms with Crippen molar-refractivity contribution < 1.29 is 9.90 Å². The minimum atomic E-state index is -0.692. The number of H-pyrrole nitrogens is 2. The summed E-state index contributed by atoms with van der Waals surface area (Å²) in [5.41, 5.74) is -1.45. The van der Waals surface area contributed by atoms with Gasteiger partial charge in [-0.1, -0.05) is 0 Å². The summed E-state index contributed by atoms with van der Waals surface area (Å²) in [5.74, 6) is -0.198. The van der Waals surface area contributed by atoms with Gasteiger partial charge in [-0.25, -0.2) is 9.79 Å². The number of aliphatic hydroxyl groups is 1. The highest BCUT2D eigenvalue weighted by Gasteiger charge is 2.07. The van der Waals surface area contributed by atoms with Crippen LogP contribution >= 0.6 is 0 Å². The number of aliphatic imine (C=N–C) groups is 1. The van der Waals surface area contributed by atoms with Crippen LogP contribution < -0.4 is 16.6 Å². The zero-order valence-corrected chi connectivity index (χ0v) is 9.82. The number of aromatic nitrogens is 2. The molecule has 0 unspecified atom stereocenters. The number of ketones is 1. The Kier molecular flexibility index (Phi) is 5.00. The van der Waals surface area contributed by atoms with Crippen LogP contribution in [0.3, 0.4) is 0 Å². The number of nitrogens with one attached hydrogen (secondary N) is 3. The number of rotatable bonds is 6. The monoisotopic (exact) mass is 254 g/mol. The Labute approximate surface area is 102 Å². The van der Waals surface area contributed by atoms with Crippen LogP contribution in [-0.4, -0.2) is 40.2 Å². The van der Waals surface area contributed by atoms with E-state index in [1.165, 1.54) is 6.92 Å². The van der Waals surface area contributed by atoms with Gasteiger partial charge in [-0.15, -0.1) is 0 Å². The maximum atomic E-state index is 11.5. The van der Waals surface area contributed by atoms with Crippen molar-refractivity contribution in [1.29, 1.82) is 0 Å². The third-order valence-corrected chi connectivity index (χ3v) is 1.93. The third-order valence-electron chi connectivity index (χ3n) is 1.93. The largest absolute Gasteiger partial charge is 0.396 e. The molecule has 0 radical (unpaired) electrons. The van der Waals surface area contributed by atoms with E-state index in [-0.39, 0.29) is 23.9 Å². The summed E-state index contributed by atoms with van der Waals surface area (Å²) < 4.78 is 0. The molecule has 1 rings (SSSR count). The number of aromatic amines is 2. The maximum absolute atomic E-state index is 11.5. The van der Waals surface area contributed by atoms with Gasteiger partial charge in [0.2, 0.25) is 0 Å². The van der Waals surface area contributed by atoms with Crippen molar-refractivity contribution in [3.05, 3.63) is 20.8 Å². The molecule has 4 N–H and O–H groups in total. The first kappa shape index (κ1) is 13.8. The predicted octanol–water partition coefficient (Wildman–Crippen LogP) is -0.851. The first-order valence-electron chi connectivity index (χ1n) is 5.30. The Morgan fingerprint density at radius 3 is 2.78 bits per heavy atom. The van der Waals surface area contributed by atoms with Crippen LogP contribution in [0.4, 0.5) is 11.5 Å². The van der Waals surface area contributed by atoms with Gasteiger partial charge in [0.1, 0.15) is 5.82 Å². The van der Waals surface area contributed by atoms with E-state index in [1.54, 1.807) is 0 Å². The van der Waals surface area contributed by atoms with Gasteiger partial charge in [-0.3, -0.25) is 19.6 Å².